The first kappa shape index (κ1) is 14.1. The second kappa shape index (κ2) is 6.31. The molecule has 0 spiro atoms. The van der Waals surface area contributed by atoms with Gasteiger partial charge in [0.1, 0.15) is 12.4 Å². The molecule has 1 aliphatic heterocycles. The van der Waals surface area contributed by atoms with Gasteiger partial charge in [0, 0.05) is 36.3 Å². The lowest BCUT2D eigenvalue weighted by Gasteiger charge is -2.26. The first-order valence-corrected chi connectivity index (χ1v) is 7.67. The van der Waals surface area contributed by atoms with Crippen LogP contribution in [-0.4, -0.2) is 42.0 Å². The molecule has 3 rings (SSSR count). The van der Waals surface area contributed by atoms with Crippen molar-refractivity contribution in [1.82, 2.24) is 9.47 Å². The molecule has 0 atom stereocenters. The van der Waals surface area contributed by atoms with Gasteiger partial charge in [-0.3, -0.25) is 9.69 Å². The first-order valence-electron chi connectivity index (χ1n) is 7.67. The van der Waals surface area contributed by atoms with E-state index in [-0.39, 0.29) is 0 Å². The van der Waals surface area contributed by atoms with Gasteiger partial charge in [-0.15, -0.1) is 0 Å². The number of aryl methyl sites for hydroxylation is 1. The number of nitrogens with zero attached hydrogens (tertiary/aromatic N) is 2. The zero-order valence-electron chi connectivity index (χ0n) is 12.5. The molecule has 1 fully saturated rings. The lowest BCUT2D eigenvalue weighted by Crippen LogP contribution is -2.33. The van der Waals surface area contributed by atoms with E-state index >= 15 is 0 Å². The monoisotopic (exact) mass is 286 g/mol. The molecule has 2 heterocycles. The fraction of sp³-hybridized carbons (Fsp3) is 0.471. The number of rotatable bonds is 5. The zero-order chi connectivity index (χ0) is 14.7. The zero-order valence-corrected chi connectivity index (χ0v) is 12.5. The van der Waals surface area contributed by atoms with Crippen LogP contribution in [0.25, 0.3) is 10.9 Å². The molecular formula is C17H22N2O2. The molecule has 112 valence electrons. The molecule has 1 saturated heterocycles. The number of aldehydes is 1. The Hall–Kier alpha value is -1.81. The number of likely N-dealkylation sites (tertiary alicyclic amines) is 1. The molecule has 0 amide bonds. The van der Waals surface area contributed by atoms with Gasteiger partial charge >= 0.3 is 0 Å². The number of fused-ring (bicyclic) bond motifs is 1. The van der Waals surface area contributed by atoms with Crippen molar-refractivity contribution < 1.29 is 9.53 Å². The van der Waals surface area contributed by atoms with Gasteiger partial charge < -0.3 is 9.30 Å². The highest BCUT2D eigenvalue weighted by Crippen LogP contribution is 2.24. The van der Waals surface area contributed by atoms with Gasteiger partial charge in [-0.05, 0) is 44.1 Å². The van der Waals surface area contributed by atoms with Crippen molar-refractivity contribution >= 4 is 17.2 Å². The maximum atomic E-state index is 11.1. The molecule has 4 nitrogen and oxygen atoms in total. The number of carbonyl (C=O) groups excluding carboxylic acids is 1. The van der Waals surface area contributed by atoms with Crippen molar-refractivity contribution in [3.63, 3.8) is 0 Å². The maximum Gasteiger partial charge on any atom is 0.152 e. The molecule has 1 aliphatic rings. The van der Waals surface area contributed by atoms with Crippen molar-refractivity contribution in [3.8, 4) is 5.75 Å². The fourth-order valence-electron chi connectivity index (χ4n) is 3.06. The van der Waals surface area contributed by atoms with Crippen LogP contribution < -0.4 is 4.74 Å². The van der Waals surface area contributed by atoms with Crippen LogP contribution in [0, 0.1) is 0 Å². The number of carbonyl (C=O) groups is 1. The SMILES string of the molecule is Cn1cc(C=O)c2cc(OCCN3CCCCC3)ccc21. The van der Waals surface area contributed by atoms with Gasteiger partial charge in [-0.2, -0.15) is 0 Å². The van der Waals surface area contributed by atoms with E-state index < -0.39 is 0 Å². The number of hydrogen-bond acceptors (Lipinski definition) is 3. The lowest BCUT2D eigenvalue weighted by molar-refractivity contribution is 0.112. The van der Waals surface area contributed by atoms with Gasteiger partial charge in [-0.25, -0.2) is 0 Å². The highest BCUT2D eigenvalue weighted by Gasteiger charge is 2.10. The van der Waals surface area contributed by atoms with Gasteiger partial charge in [0.2, 0.25) is 0 Å². The Morgan fingerprint density at radius 3 is 2.81 bits per heavy atom. The van der Waals surface area contributed by atoms with E-state index in [1.807, 2.05) is 36.0 Å². The Morgan fingerprint density at radius 1 is 1.24 bits per heavy atom. The van der Waals surface area contributed by atoms with Crippen LogP contribution in [0.15, 0.2) is 24.4 Å². The number of piperidine rings is 1. The van der Waals surface area contributed by atoms with Crippen LogP contribution >= 0.6 is 0 Å². The molecule has 21 heavy (non-hydrogen) atoms. The third-order valence-electron chi connectivity index (χ3n) is 4.24. The van der Waals surface area contributed by atoms with E-state index in [2.05, 4.69) is 4.90 Å². The van der Waals surface area contributed by atoms with Gasteiger partial charge in [0.25, 0.3) is 0 Å². The van der Waals surface area contributed by atoms with E-state index in [4.69, 9.17) is 4.74 Å². The average Bonchev–Trinajstić information content (AvgIpc) is 2.84. The minimum absolute atomic E-state index is 0.703. The summed E-state index contributed by atoms with van der Waals surface area (Å²) in [5.41, 5.74) is 1.77. The van der Waals surface area contributed by atoms with Gasteiger partial charge in [-0.1, -0.05) is 6.42 Å². The van der Waals surface area contributed by atoms with Crippen LogP contribution in [0.4, 0.5) is 0 Å². The van der Waals surface area contributed by atoms with Crippen LogP contribution in [0.5, 0.6) is 5.75 Å². The molecule has 0 unspecified atom stereocenters. The van der Waals surface area contributed by atoms with Crippen LogP contribution in [0.3, 0.4) is 0 Å². The molecule has 1 aromatic carbocycles. The topological polar surface area (TPSA) is 34.5 Å². The summed E-state index contributed by atoms with van der Waals surface area (Å²) in [5, 5.41) is 0.961. The molecule has 1 aromatic heterocycles. The highest BCUT2D eigenvalue weighted by molar-refractivity contribution is 5.98. The summed E-state index contributed by atoms with van der Waals surface area (Å²) in [6, 6.07) is 5.96. The third-order valence-corrected chi connectivity index (χ3v) is 4.24. The van der Waals surface area contributed by atoms with Crippen molar-refractivity contribution in [2.45, 2.75) is 19.3 Å². The molecule has 0 saturated carbocycles. The molecule has 0 aliphatic carbocycles. The summed E-state index contributed by atoms with van der Waals surface area (Å²) >= 11 is 0. The van der Waals surface area contributed by atoms with Crippen molar-refractivity contribution in [1.29, 1.82) is 0 Å². The van der Waals surface area contributed by atoms with E-state index in [1.54, 1.807) is 0 Å². The Labute approximate surface area is 125 Å². The van der Waals surface area contributed by atoms with Crippen molar-refractivity contribution in [3.05, 3.63) is 30.0 Å². The quantitative estimate of drug-likeness (QED) is 0.793. The first-order chi connectivity index (χ1) is 10.3. The number of ether oxygens (including phenoxy) is 1. The maximum absolute atomic E-state index is 11.1. The minimum atomic E-state index is 0.703. The molecule has 0 radical (unpaired) electrons. The number of hydrogen-bond donors (Lipinski definition) is 0. The summed E-state index contributed by atoms with van der Waals surface area (Å²) in [6.07, 6.45) is 6.73. The Balaban J connectivity index is 1.65. The normalized spacial score (nSPS) is 16.2. The summed E-state index contributed by atoms with van der Waals surface area (Å²) in [5.74, 6) is 0.841. The molecule has 2 aromatic rings. The standard InChI is InChI=1S/C17H22N2O2/c1-18-12-14(13-20)16-11-15(5-6-17(16)18)21-10-9-19-7-3-2-4-8-19/h5-6,11-13H,2-4,7-10H2,1H3. The molecule has 0 N–H and O–H groups in total. The van der Waals surface area contributed by atoms with Gasteiger partial charge in [0.15, 0.2) is 6.29 Å². The fourth-order valence-corrected chi connectivity index (χ4v) is 3.06. The van der Waals surface area contributed by atoms with Crippen LogP contribution in [-0.2, 0) is 7.05 Å². The Bertz CT molecular complexity index is 627. The predicted molar refractivity (Wildman–Crippen MR) is 84.1 cm³/mol. The van der Waals surface area contributed by atoms with Gasteiger partial charge in [0.05, 0.1) is 0 Å². The molecular weight excluding hydrogens is 264 g/mol. The minimum Gasteiger partial charge on any atom is -0.492 e. The van der Waals surface area contributed by atoms with E-state index in [0.717, 1.165) is 29.5 Å². The molecule has 0 bridgehead atoms. The van der Waals surface area contributed by atoms with Crippen LogP contribution in [0.2, 0.25) is 0 Å². The summed E-state index contributed by atoms with van der Waals surface area (Å²) in [6.45, 7) is 4.06. The Morgan fingerprint density at radius 2 is 2.05 bits per heavy atom. The number of aromatic nitrogens is 1. The highest BCUT2D eigenvalue weighted by atomic mass is 16.5. The second-order valence-corrected chi connectivity index (χ2v) is 5.74. The summed E-state index contributed by atoms with van der Waals surface area (Å²) in [4.78, 5) is 13.6. The molecule has 4 heteroatoms. The summed E-state index contributed by atoms with van der Waals surface area (Å²) < 4.78 is 7.83. The summed E-state index contributed by atoms with van der Waals surface area (Å²) in [7, 11) is 1.95. The van der Waals surface area contributed by atoms with E-state index in [9.17, 15) is 4.79 Å². The predicted octanol–water partition coefficient (Wildman–Crippen LogP) is 2.86. The lowest BCUT2D eigenvalue weighted by atomic mass is 10.1. The average molecular weight is 286 g/mol. The van der Waals surface area contributed by atoms with Crippen LogP contribution in [0.1, 0.15) is 29.6 Å². The third kappa shape index (κ3) is 3.10. The number of benzene rings is 1. The van der Waals surface area contributed by atoms with Crippen molar-refractivity contribution in [2.24, 2.45) is 7.05 Å². The second-order valence-electron chi connectivity index (χ2n) is 5.74. The Kier molecular flexibility index (Phi) is 4.25. The van der Waals surface area contributed by atoms with E-state index in [0.29, 0.717) is 12.2 Å². The largest absolute Gasteiger partial charge is 0.492 e. The van der Waals surface area contributed by atoms with Crippen molar-refractivity contribution in [2.75, 3.05) is 26.2 Å². The van der Waals surface area contributed by atoms with E-state index in [1.165, 1.54) is 32.4 Å². The smallest absolute Gasteiger partial charge is 0.152 e.